The Labute approximate surface area is 209 Å². The fourth-order valence-corrected chi connectivity index (χ4v) is 5.96. The number of methoxy groups -OCH3 is 2. The molecule has 0 aromatic heterocycles. The number of amides is 1. The summed E-state index contributed by atoms with van der Waals surface area (Å²) in [5.41, 5.74) is 3.63. The summed E-state index contributed by atoms with van der Waals surface area (Å²) in [5.74, 6) is 0.00955. The van der Waals surface area contributed by atoms with E-state index in [1.54, 1.807) is 25.2 Å². The molecule has 35 heavy (non-hydrogen) atoms. The molecule has 2 atom stereocenters. The maximum Gasteiger partial charge on any atom is 0.323 e. The number of carboxylic acids is 1. The van der Waals surface area contributed by atoms with E-state index >= 15 is 0 Å². The number of hydrogen-bond acceptors (Lipinski definition) is 5. The predicted molar refractivity (Wildman–Crippen MR) is 136 cm³/mol. The number of hydrogen-bond donors (Lipinski definition) is 1. The summed E-state index contributed by atoms with van der Waals surface area (Å²) in [7, 11) is 3.15. The lowest BCUT2D eigenvalue weighted by molar-refractivity contribution is -0.140. The van der Waals surface area contributed by atoms with Crippen LogP contribution in [0.1, 0.15) is 34.7 Å². The molecule has 0 bridgehead atoms. The number of rotatable bonds is 8. The molecule has 0 saturated carbocycles. The Morgan fingerprint density at radius 1 is 1.06 bits per heavy atom. The summed E-state index contributed by atoms with van der Waals surface area (Å²) in [5, 5.41) is 10.6. The number of aliphatic carboxylic acids is 1. The van der Waals surface area contributed by atoms with Crippen molar-refractivity contribution in [3.8, 4) is 11.5 Å². The van der Waals surface area contributed by atoms with Crippen LogP contribution in [0.2, 0.25) is 0 Å². The maximum atomic E-state index is 13.5. The van der Waals surface area contributed by atoms with E-state index in [4.69, 9.17) is 9.47 Å². The summed E-state index contributed by atoms with van der Waals surface area (Å²) in [6, 6.07) is 20.2. The third-order valence-corrected chi connectivity index (χ3v) is 7.90. The van der Waals surface area contributed by atoms with Crippen molar-refractivity contribution in [1.82, 2.24) is 4.90 Å². The van der Waals surface area contributed by atoms with Crippen molar-refractivity contribution < 1.29 is 24.2 Å². The zero-order valence-electron chi connectivity index (χ0n) is 20.3. The molecule has 182 valence electrons. The van der Waals surface area contributed by atoms with Gasteiger partial charge in [-0.15, -0.1) is 11.8 Å². The lowest BCUT2D eigenvalue weighted by Gasteiger charge is -2.35. The van der Waals surface area contributed by atoms with Gasteiger partial charge in [0.1, 0.15) is 11.5 Å². The molecule has 3 aromatic rings. The van der Waals surface area contributed by atoms with Gasteiger partial charge in [-0.1, -0.05) is 42.0 Å². The number of carboxylic acid groups (broad SMARTS) is 1. The van der Waals surface area contributed by atoms with E-state index in [-0.39, 0.29) is 18.9 Å². The van der Waals surface area contributed by atoms with E-state index in [9.17, 15) is 14.7 Å². The van der Waals surface area contributed by atoms with E-state index < -0.39 is 16.8 Å². The quantitative estimate of drug-likeness (QED) is 0.454. The first-order valence-electron chi connectivity index (χ1n) is 11.3. The van der Waals surface area contributed by atoms with E-state index in [2.05, 4.69) is 0 Å². The molecule has 1 amide bonds. The minimum absolute atomic E-state index is 0.113. The first-order valence-corrected chi connectivity index (χ1v) is 12.2. The van der Waals surface area contributed by atoms with Crippen LogP contribution < -0.4 is 9.47 Å². The van der Waals surface area contributed by atoms with Gasteiger partial charge >= 0.3 is 5.97 Å². The van der Waals surface area contributed by atoms with Gasteiger partial charge < -0.3 is 19.5 Å². The Hall–Kier alpha value is -3.45. The van der Waals surface area contributed by atoms with Crippen LogP contribution in [0.25, 0.3) is 0 Å². The number of ether oxygens (including phenoxy) is 2. The van der Waals surface area contributed by atoms with Gasteiger partial charge in [0.2, 0.25) is 5.91 Å². The van der Waals surface area contributed by atoms with Crippen molar-refractivity contribution in [2.24, 2.45) is 0 Å². The highest BCUT2D eigenvalue weighted by atomic mass is 32.2. The zero-order valence-corrected chi connectivity index (χ0v) is 21.1. The standard InChI is InChI=1S/C28H29NO5S/c1-18-9-13-22(14-10-18)35-28(27(31)32)16-25(30)29(26(28)23-8-6-5-7-19(23)2)17-20-11-12-21(33-3)15-24(20)34-4/h5-15,26H,16-17H2,1-4H3,(H,31,32)/t26?,28-/m1/s1. The Kier molecular flexibility index (Phi) is 7.08. The minimum Gasteiger partial charge on any atom is -0.497 e. The molecule has 4 rings (SSSR count). The number of carbonyl (C=O) groups is 2. The molecule has 6 nitrogen and oxygen atoms in total. The molecule has 3 aromatic carbocycles. The van der Waals surface area contributed by atoms with Gasteiger partial charge in [0, 0.05) is 23.1 Å². The zero-order chi connectivity index (χ0) is 25.2. The van der Waals surface area contributed by atoms with Crippen molar-refractivity contribution in [3.63, 3.8) is 0 Å². The number of nitrogens with zero attached hydrogens (tertiary/aromatic N) is 1. The molecular weight excluding hydrogens is 462 g/mol. The Morgan fingerprint density at radius 3 is 2.40 bits per heavy atom. The smallest absolute Gasteiger partial charge is 0.323 e. The van der Waals surface area contributed by atoms with Gasteiger partial charge in [-0.05, 0) is 49.2 Å². The van der Waals surface area contributed by atoms with E-state index in [1.165, 1.54) is 11.8 Å². The van der Waals surface area contributed by atoms with Crippen molar-refractivity contribution >= 4 is 23.6 Å². The van der Waals surface area contributed by atoms with Crippen LogP contribution in [0, 0.1) is 13.8 Å². The van der Waals surface area contributed by atoms with Crippen molar-refractivity contribution in [1.29, 1.82) is 0 Å². The molecule has 7 heteroatoms. The average Bonchev–Trinajstić information content (AvgIpc) is 3.12. The third kappa shape index (κ3) is 4.73. The van der Waals surface area contributed by atoms with Crippen LogP contribution in [0.5, 0.6) is 11.5 Å². The molecule has 1 N–H and O–H groups in total. The Morgan fingerprint density at radius 2 is 1.77 bits per heavy atom. The SMILES string of the molecule is COc1ccc(CN2C(=O)C[C@](Sc3ccc(C)cc3)(C(=O)O)C2c2ccccc2C)c(OC)c1. The number of aryl methyl sites for hydroxylation is 2. The van der Waals surface area contributed by atoms with Gasteiger partial charge in [-0.2, -0.15) is 0 Å². The highest BCUT2D eigenvalue weighted by Crippen LogP contribution is 2.54. The minimum atomic E-state index is -1.39. The summed E-state index contributed by atoms with van der Waals surface area (Å²) in [6.45, 7) is 4.16. The highest BCUT2D eigenvalue weighted by Gasteiger charge is 2.58. The van der Waals surface area contributed by atoms with Crippen LogP contribution in [-0.2, 0) is 16.1 Å². The second-order valence-electron chi connectivity index (χ2n) is 8.75. The largest absolute Gasteiger partial charge is 0.497 e. The van der Waals surface area contributed by atoms with Gasteiger partial charge in [0.25, 0.3) is 0 Å². The molecule has 1 aliphatic heterocycles. The second-order valence-corrected chi connectivity index (χ2v) is 10.1. The topological polar surface area (TPSA) is 76.1 Å². The number of benzene rings is 3. The van der Waals surface area contributed by atoms with Gasteiger partial charge in [-0.25, -0.2) is 0 Å². The van der Waals surface area contributed by atoms with Crippen LogP contribution in [0.15, 0.2) is 71.6 Å². The lowest BCUT2D eigenvalue weighted by atomic mass is 9.89. The summed E-state index contributed by atoms with van der Waals surface area (Å²) >= 11 is 1.25. The molecule has 1 saturated heterocycles. The van der Waals surface area contributed by atoms with Gasteiger partial charge in [0.15, 0.2) is 4.75 Å². The van der Waals surface area contributed by atoms with Gasteiger partial charge in [-0.3, -0.25) is 9.59 Å². The van der Waals surface area contributed by atoms with Crippen LogP contribution >= 0.6 is 11.8 Å². The van der Waals surface area contributed by atoms with E-state index in [0.29, 0.717) is 11.5 Å². The normalized spacial score (nSPS) is 19.6. The molecule has 1 fully saturated rings. The summed E-state index contributed by atoms with van der Waals surface area (Å²) < 4.78 is 9.48. The third-order valence-electron chi connectivity index (χ3n) is 6.49. The molecule has 1 unspecified atom stereocenters. The fourth-order valence-electron chi connectivity index (χ4n) is 4.62. The van der Waals surface area contributed by atoms with Crippen LogP contribution in [0.4, 0.5) is 0 Å². The number of thioether (sulfide) groups is 1. The first kappa shape index (κ1) is 24.7. The Balaban J connectivity index is 1.83. The molecule has 0 radical (unpaired) electrons. The molecule has 1 aliphatic rings. The lowest BCUT2D eigenvalue weighted by Crippen LogP contribution is -2.42. The van der Waals surface area contributed by atoms with E-state index in [0.717, 1.165) is 27.1 Å². The monoisotopic (exact) mass is 491 g/mol. The van der Waals surface area contributed by atoms with Gasteiger partial charge in [0.05, 0.1) is 26.7 Å². The molecule has 1 heterocycles. The van der Waals surface area contributed by atoms with Crippen molar-refractivity contribution in [2.45, 2.75) is 42.5 Å². The van der Waals surface area contributed by atoms with Crippen LogP contribution in [0.3, 0.4) is 0 Å². The predicted octanol–water partition coefficient (Wildman–Crippen LogP) is 5.41. The fraction of sp³-hybridized carbons (Fsp3) is 0.286. The molecular formula is C28H29NO5S. The number of carbonyl (C=O) groups excluding carboxylic acids is 1. The Bertz CT molecular complexity index is 1240. The highest BCUT2D eigenvalue weighted by molar-refractivity contribution is 8.01. The average molecular weight is 492 g/mol. The molecule has 0 aliphatic carbocycles. The number of likely N-dealkylation sites (tertiary alicyclic amines) is 1. The second kappa shape index (κ2) is 10.0. The summed E-state index contributed by atoms with van der Waals surface area (Å²) in [6.07, 6.45) is -0.113. The van der Waals surface area contributed by atoms with Crippen molar-refractivity contribution in [2.75, 3.05) is 14.2 Å². The molecule has 0 spiro atoms. The summed E-state index contributed by atoms with van der Waals surface area (Å²) in [4.78, 5) is 29.0. The first-order chi connectivity index (χ1) is 16.8. The van der Waals surface area contributed by atoms with Crippen LogP contribution in [-0.4, -0.2) is 40.8 Å². The van der Waals surface area contributed by atoms with E-state index in [1.807, 2.05) is 74.5 Å². The maximum absolute atomic E-state index is 13.5. The van der Waals surface area contributed by atoms with Crippen molar-refractivity contribution in [3.05, 3.63) is 89.0 Å².